The van der Waals surface area contributed by atoms with E-state index in [9.17, 15) is 4.79 Å². The van der Waals surface area contributed by atoms with Crippen LogP contribution < -0.4 is 27.4 Å². The first-order valence-corrected chi connectivity index (χ1v) is 9.73. The normalized spacial score (nSPS) is 19.5. The van der Waals surface area contributed by atoms with Gasteiger partial charge in [0.1, 0.15) is 11.8 Å². The standard InChI is InChI=1S/C20H32N2O3.ClH/c1-4-14-24-17-11-9-10-16(15-17)21-20(23)25-19-13-8-7-12-18(19)22(5-2)6-3;/h9-11,15,18-19H,4-8,12-14H2,1-3H3,(H,21,23);1H/t18-,19-;/m1./s1. The maximum atomic E-state index is 12.4. The van der Waals surface area contributed by atoms with Crippen LogP contribution in [-0.4, -0.2) is 37.9 Å². The number of halogens is 1. The molecule has 1 aromatic rings. The largest absolute Gasteiger partial charge is 1.00 e. The zero-order valence-electron chi connectivity index (χ0n) is 16.2. The molecule has 0 heterocycles. The molecule has 1 amide bonds. The van der Waals surface area contributed by atoms with E-state index in [0.29, 0.717) is 18.3 Å². The molecular formula is C20H33ClN2O3. The van der Waals surface area contributed by atoms with E-state index in [-0.39, 0.29) is 24.6 Å². The molecule has 0 bridgehead atoms. The number of hydrogen-bond donors (Lipinski definition) is 2. The van der Waals surface area contributed by atoms with Crippen molar-refractivity contribution < 1.29 is 31.6 Å². The van der Waals surface area contributed by atoms with Crippen LogP contribution in [0, 0.1) is 0 Å². The minimum atomic E-state index is -0.365. The fourth-order valence-electron chi connectivity index (χ4n) is 3.65. The minimum Gasteiger partial charge on any atom is -1.00 e. The third-order valence-electron chi connectivity index (χ3n) is 4.95. The van der Waals surface area contributed by atoms with Gasteiger partial charge in [0.15, 0.2) is 6.10 Å². The van der Waals surface area contributed by atoms with Gasteiger partial charge < -0.3 is 26.8 Å². The molecule has 1 aliphatic rings. The number of ether oxygens (including phenoxy) is 2. The van der Waals surface area contributed by atoms with Crippen LogP contribution in [-0.2, 0) is 4.74 Å². The third kappa shape index (κ3) is 6.69. The Labute approximate surface area is 163 Å². The number of carbonyl (C=O) groups excluding carboxylic acids is 1. The van der Waals surface area contributed by atoms with Gasteiger partial charge in [-0.2, -0.15) is 0 Å². The summed E-state index contributed by atoms with van der Waals surface area (Å²) < 4.78 is 11.4. The van der Waals surface area contributed by atoms with E-state index in [0.717, 1.165) is 44.5 Å². The van der Waals surface area contributed by atoms with E-state index in [1.807, 2.05) is 24.3 Å². The molecule has 1 saturated carbocycles. The highest BCUT2D eigenvalue weighted by Gasteiger charge is 2.34. The Bertz CT molecular complexity index is 538. The summed E-state index contributed by atoms with van der Waals surface area (Å²) in [4.78, 5) is 13.9. The number of likely N-dealkylation sites (N-methyl/N-ethyl adjacent to an activating group) is 1. The average Bonchev–Trinajstić information content (AvgIpc) is 2.62. The highest BCUT2D eigenvalue weighted by Crippen LogP contribution is 2.21. The van der Waals surface area contributed by atoms with E-state index in [1.54, 1.807) is 0 Å². The van der Waals surface area contributed by atoms with Gasteiger partial charge in [0, 0.05) is 18.2 Å². The fourth-order valence-corrected chi connectivity index (χ4v) is 3.65. The molecule has 1 aliphatic carbocycles. The zero-order chi connectivity index (χ0) is 18.1. The van der Waals surface area contributed by atoms with Crippen molar-refractivity contribution in [3.63, 3.8) is 0 Å². The van der Waals surface area contributed by atoms with Crippen LogP contribution >= 0.6 is 0 Å². The molecule has 0 aromatic heterocycles. The molecule has 2 rings (SSSR count). The fraction of sp³-hybridized carbons (Fsp3) is 0.650. The van der Waals surface area contributed by atoms with E-state index in [1.165, 1.54) is 11.3 Å². The van der Waals surface area contributed by atoms with Gasteiger partial charge in [-0.15, -0.1) is 0 Å². The lowest BCUT2D eigenvalue weighted by molar-refractivity contribution is -0.926. The maximum absolute atomic E-state index is 12.4. The number of amides is 1. The average molecular weight is 385 g/mol. The first kappa shape index (κ1) is 22.6. The van der Waals surface area contributed by atoms with Gasteiger partial charge in [-0.05, 0) is 51.7 Å². The van der Waals surface area contributed by atoms with Crippen molar-refractivity contribution in [1.82, 2.24) is 0 Å². The van der Waals surface area contributed by atoms with Crippen molar-refractivity contribution in [2.24, 2.45) is 0 Å². The number of hydrogen-bond acceptors (Lipinski definition) is 3. The summed E-state index contributed by atoms with van der Waals surface area (Å²) in [6, 6.07) is 7.88. The quantitative estimate of drug-likeness (QED) is 0.676. The summed E-state index contributed by atoms with van der Waals surface area (Å²) >= 11 is 0. The number of anilines is 1. The number of quaternary nitrogens is 1. The van der Waals surface area contributed by atoms with Gasteiger partial charge in [-0.25, -0.2) is 4.79 Å². The van der Waals surface area contributed by atoms with Gasteiger partial charge in [0.05, 0.1) is 19.7 Å². The Morgan fingerprint density at radius 3 is 2.62 bits per heavy atom. The summed E-state index contributed by atoms with van der Waals surface area (Å²) in [6.07, 6.45) is 5.05. The smallest absolute Gasteiger partial charge is 0.412 e. The van der Waals surface area contributed by atoms with Gasteiger partial charge in [0.2, 0.25) is 0 Å². The predicted molar refractivity (Wildman–Crippen MR) is 100 cm³/mol. The molecule has 0 spiro atoms. The molecule has 148 valence electrons. The van der Waals surface area contributed by atoms with Crippen LogP contribution in [0.5, 0.6) is 5.75 Å². The summed E-state index contributed by atoms with van der Waals surface area (Å²) in [6.45, 7) is 9.28. The Morgan fingerprint density at radius 1 is 1.19 bits per heavy atom. The second-order valence-corrected chi connectivity index (χ2v) is 6.70. The second kappa shape index (κ2) is 12.0. The van der Waals surface area contributed by atoms with Crippen LogP contribution in [0.25, 0.3) is 0 Å². The molecule has 2 N–H and O–H groups in total. The molecule has 6 heteroatoms. The van der Waals surface area contributed by atoms with Crippen LogP contribution in [0.4, 0.5) is 10.5 Å². The minimum absolute atomic E-state index is 0. The maximum Gasteiger partial charge on any atom is 0.412 e. The highest BCUT2D eigenvalue weighted by molar-refractivity contribution is 5.85. The summed E-state index contributed by atoms with van der Waals surface area (Å²) in [5.74, 6) is 0.766. The summed E-state index contributed by atoms with van der Waals surface area (Å²) in [5.41, 5.74) is 0.709. The second-order valence-electron chi connectivity index (χ2n) is 6.70. The van der Waals surface area contributed by atoms with E-state index >= 15 is 0 Å². The molecule has 0 saturated heterocycles. The summed E-state index contributed by atoms with van der Waals surface area (Å²) in [5, 5.41) is 2.85. The SMILES string of the molecule is CCCOc1cccc(NC(=O)O[C@@H]2CCCC[C@H]2[NH+](CC)CC)c1.[Cl-]. The van der Waals surface area contributed by atoms with Crippen molar-refractivity contribution in [3.05, 3.63) is 24.3 Å². The van der Waals surface area contributed by atoms with Crippen LogP contribution in [0.2, 0.25) is 0 Å². The monoisotopic (exact) mass is 384 g/mol. The molecule has 0 unspecified atom stereocenters. The van der Waals surface area contributed by atoms with Gasteiger partial charge in [0.25, 0.3) is 0 Å². The van der Waals surface area contributed by atoms with E-state index < -0.39 is 0 Å². The summed E-state index contributed by atoms with van der Waals surface area (Å²) in [7, 11) is 0. The highest BCUT2D eigenvalue weighted by atomic mass is 35.5. The molecule has 1 aromatic carbocycles. The molecular weight excluding hydrogens is 352 g/mol. The Kier molecular flexibility index (Phi) is 10.4. The molecule has 26 heavy (non-hydrogen) atoms. The van der Waals surface area contributed by atoms with E-state index in [2.05, 4.69) is 26.1 Å². The van der Waals surface area contributed by atoms with Crippen LogP contribution in [0.3, 0.4) is 0 Å². The molecule has 0 radical (unpaired) electrons. The number of nitrogens with one attached hydrogen (secondary N) is 2. The lowest BCUT2D eigenvalue weighted by Crippen LogP contribution is -3.16. The predicted octanol–water partition coefficient (Wildman–Crippen LogP) is 0.264. The zero-order valence-corrected chi connectivity index (χ0v) is 17.0. The lowest BCUT2D eigenvalue weighted by atomic mass is 9.91. The first-order valence-electron chi connectivity index (χ1n) is 9.73. The number of carbonyl (C=O) groups is 1. The topological polar surface area (TPSA) is 52.0 Å². The van der Waals surface area contributed by atoms with Gasteiger partial charge >= 0.3 is 6.09 Å². The van der Waals surface area contributed by atoms with Crippen LogP contribution in [0.15, 0.2) is 24.3 Å². The van der Waals surface area contributed by atoms with Crippen molar-refractivity contribution in [2.75, 3.05) is 25.0 Å². The first-order chi connectivity index (χ1) is 12.2. The third-order valence-corrected chi connectivity index (χ3v) is 4.95. The van der Waals surface area contributed by atoms with E-state index in [4.69, 9.17) is 9.47 Å². The van der Waals surface area contributed by atoms with Crippen molar-refractivity contribution >= 4 is 11.8 Å². The van der Waals surface area contributed by atoms with Crippen molar-refractivity contribution in [1.29, 1.82) is 0 Å². The number of benzene rings is 1. The van der Waals surface area contributed by atoms with Gasteiger partial charge in [-0.3, -0.25) is 5.32 Å². The number of rotatable bonds is 8. The lowest BCUT2D eigenvalue weighted by Gasteiger charge is -2.35. The molecule has 1 fully saturated rings. The van der Waals surface area contributed by atoms with Crippen molar-refractivity contribution in [2.45, 2.75) is 65.0 Å². The van der Waals surface area contributed by atoms with Crippen molar-refractivity contribution in [3.8, 4) is 5.75 Å². The van der Waals surface area contributed by atoms with Crippen LogP contribution in [0.1, 0.15) is 52.9 Å². The molecule has 2 atom stereocenters. The Balaban J connectivity index is 0.00000338. The molecule has 0 aliphatic heterocycles. The molecule has 5 nitrogen and oxygen atoms in total. The van der Waals surface area contributed by atoms with Gasteiger partial charge in [-0.1, -0.05) is 13.0 Å². The Morgan fingerprint density at radius 2 is 1.92 bits per heavy atom. The Hall–Kier alpha value is -1.46.